The molecule has 0 unspecified atom stereocenters. The van der Waals surface area contributed by atoms with Crippen LogP contribution in [-0.2, 0) is 0 Å². The van der Waals surface area contributed by atoms with E-state index in [-0.39, 0.29) is 5.71 Å². The fraction of sp³-hybridized carbons (Fsp3) is 0.500. The summed E-state index contributed by atoms with van der Waals surface area (Å²) in [4.78, 5) is 0. The van der Waals surface area contributed by atoms with E-state index in [1.54, 1.807) is 6.08 Å². The number of nitrogens with zero attached hydrogens (tertiary/aromatic N) is 1. The molecule has 1 aliphatic carbocycles. The van der Waals surface area contributed by atoms with Crippen LogP contribution >= 0.6 is 21.0 Å². The fourth-order valence-corrected chi connectivity index (χ4v) is 2.89. The van der Waals surface area contributed by atoms with E-state index in [2.05, 4.69) is 3.21 Å². The van der Waals surface area contributed by atoms with Crippen LogP contribution < -0.4 is 0 Å². The topological polar surface area (TPSA) is 12.4 Å². The summed E-state index contributed by atoms with van der Waals surface area (Å²) < 4.78 is 44.4. The first kappa shape index (κ1) is 9.36. The van der Waals surface area contributed by atoms with E-state index in [1.807, 2.05) is 4.01 Å². The third-order valence-corrected chi connectivity index (χ3v) is 3.59. The molecular weight excluding hydrogens is 294 g/mol. The van der Waals surface area contributed by atoms with Crippen molar-refractivity contribution in [1.29, 1.82) is 0 Å². The zero-order chi connectivity index (χ0) is 9.53. The Morgan fingerprint density at radius 3 is 2.46 bits per heavy atom. The molecule has 0 aromatic rings. The van der Waals surface area contributed by atoms with Gasteiger partial charge in [0.2, 0.25) is 0 Å². The molecule has 5 heteroatoms. The van der Waals surface area contributed by atoms with Gasteiger partial charge in [0.15, 0.2) is 5.67 Å². The van der Waals surface area contributed by atoms with Crippen molar-refractivity contribution >= 4 is 30.7 Å². The van der Waals surface area contributed by atoms with E-state index >= 15 is 0 Å². The summed E-state index contributed by atoms with van der Waals surface area (Å²) >= 11 is -0.504. The van der Waals surface area contributed by atoms with Gasteiger partial charge < -0.3 is 0 Å². The van der Waals surface area contributed by atoms with Crippen molar-refractivity contribution in [3.63, 3.8) is 0 Å². The monoisotopic (exact) mass is 301 g/mol. The summed E-state index contributed by atoms with van der Waals surface area (Å²) in [7, 11) is 0. The Kier molecular flexibility index (Phi) is 2.08. The molecule has 0 saturated heterocycles. The van der Waals surface area contributed by atoms with Crippen molar-refractivity contribution in [2.24, 2.45) is 3.21 Å². The summed E-state index contributed by atoms with van der Waals surface area (Å²) in [5, 5.41) is 0. The van der Waals surface area contributed by atoms with Gasteiger partial charge in [0.1, 0.15) is 0 Å². The summed E-state index contributed by atoms with van der Waals surface area (Å²) in [5.41, 5.74) is -1.64. The zero-order valence-corrected chi connectivity index (χ0v) is 8.76. The van der Waals surface area contributed by atoms with E-state index in [4.69, 9.17) is 0 Å². The van der Waals surface area contributed by atoms with Crippen molar-refractivity contribution in [3.8, 4) is 0 Å². The minimum absolute atomic E-state index is 0.216. The van der Waals surface area contributed by atoms with E-state index in [0.717, 1.165) is 0 Å². The highest BCUT2D eigenvalue weighted by Crippen LogP contribution is 2.49. The molecule has 0 bridgehead atoms. The molecule has 0 atom stereocenters. The number of rotatable bonds is 1. The van der Waals surface area contributed by atoms with Gasteiger partial charge in [-0.3, -0.25) is 0 Å². The van der Waals surface area contributed by atoms with Gasteiger partial charge in [-0.2, -0.15) is 0 Å². The second kappa shape index (κ2) is 2.90. The molecule has 0 spiro atoms. The molecule has 1 heterocycles. The zero-order valence-electron chi connectivity index (χ0n) is 6.61. The summed E-state index contributed by atoms with van der Waals surface area (Å²) in [5.74, 6) is -2.83. The molecule has 1 aliphatic heterocycles. The van der Waals surface area contributed by atoms with Crippen LogP contribution in [0.4, 0.5) is 13.2 Å². The molecule has 0 aromatic heterocycles. The van der Waals surface area contributed by atoms with Crippen molar-refractivity contribution in [2.45, 2.75) is 24.4 Å². The molecule has 13 heavy (non-hydrogen) atoms. The van der Waals surface area contributed by atoms with Crippen LogP contribution in [0.5, 0.6) is 0 Å². The molecule has 1 nitrogen and oxygen atoms in total. The van der Waals surface area contributed by atoms with Crippen LogP contribution in [0.3, 0.4) is 0 Å². The fourth-order valence-electron chi connectivity index (χ4n) is 1.44. The van der Waals surface area contributed by atoms with Crippen LogP contribution in [0, 0.1) is 0 Å². The van der Waals surface area contributed by atoms with Gasteiger partial charge >= 0.3 is 0 Å². The maximum atomic E-state index is 13.6. The lowest BCUT2D eigenvalue weighted by Gasteiger charge is -2.40. The number of hydrogen-bond donors (Lipinski definition) is 0. The molecule has 0 N–H and O–H groups in total. The van der Waals surface area contributed by atoms with Crippen LogP contribution in [0.1, 0.15) is 12.8 Å². The first-order valence-corrected chi connectivity index (χ1v) is 6.01. The molecule has 1 fully saturated rings. The molecular formula is C8H7F3IN. The average molecular weight is 301 g/mol. The maximum absolute atomic E-state index is 13.6. The first-order chi connectivity index (χ1) is 6.02. The minimum atomic E-state index is -2.83. The van der Waals surface area contributed by atoms with Crippen LogP contribution in [-0.4, -0.2) is 21.3 Å². The van der Waals surface area contributed by atoms with Gasteiger partial charge in [0.25, 0.3) is 5.92 Å². The molecule has 0 aromatic carbocycles. The lowest BCUT2D eigenvalue weighted by Crippen LogP contribution is -2.53. The largest absolute Gasteiger partial charge is 0.255 e. The standard InChI is InChI=1S/C8H7F3IN/c9-7(4-8(10,11)5-7)6-2-1-3-12-13-6/h1-3H,4-5H2. The Morgan fingerprint density at radius 2 is 2.00 bits per heavy atom. The lowest BCUT2D eigenvalue weighted by atomic mass is 9.75. The quantitative estimate of drug-likeness (QED) is 0.660. The van der Waals surface area contributed by atoms with E-state index in [1.165, 1.54) is 6.08 Å². The Bertz CT molecular complexity index is 311. The second-order valence-electron chi connectivity index (χ2n) is 3.23. The average Bonchev–Trinajstić information content (AvgIpc) is 2.02. The Balaban J connectivity index is 2.15. The van der Waals surface area contributed by atoms with Crippen LogP contribution in [0.2, 0.25) is 0 Å². The number of alkyl halides is 3. The van der Waals surface area contributed by atoms with E-state index in [9.17, 15) is 13.2 Å². The minimum Gasteiger partial charge on any atom is -0.236 e. The van der Waals surface area contributed by atoms with Gasteiger partial charge in [-0.05, 0) is 10.1 Å². The predicted molar refractivity (Wildman–Crippen MR) is 54.7 cm³/mol. The Labute approximate surface area is 83.8 Å². The third-order valence-electron chi connectivity index (χ3n) is 2.06. The van der Waals surface area contributed by atoms with Gasteiger partial charge in [0.05, 0.1) is 18.6 Å². The van der Waals surface area contributed by atoms with Gasteiger partial charge in [0, 0.05) is 21.0 Å². The van der Waals surface area contributed by atoms with Gasteiger partial charge in [-0.25, -0.2) is 16.4 Å². The highest BCUT2D eigenvalue weighted by molar-refractivity contribution is 14.2. The van der Waals surface area contributed by atoms with Gasteiger partial charge in [-0.15, -0.1) is 0 Å². The van der Waals surface area contributed by atoms with E-state index in [0.29, 0.717) is 0 Å². The summed E-state index contributed by atoms with van der Waals surface area (Å²) in [6.45, 7) is 0. The third kappa shape index (κ3) is 1.70. The van der Waals surface area contributed by atoms with Crippen LogP contribution in [0.15, 0.2) is 15.4 Å². The summed E-state index contributed by atoms with van der Waals surface area (Å²) in [6.07, 6.45) is 1.80. The molecule has 2 rings (SSSR count). The summed E-state index contributed by atoms with van der Waals surface area (Å²) in [6, 6.07) is 0. The molecule has 0 radical (unpaired) electrons. The van der Waals surface area contributed by atoms with Crippen molar-refractivity contribution in [3.05, 3.63) is 12.2 Å². The number of allylic oxidation sites excluding steroid dienone is 2. The normalized spacial score (nSPS) is 28.7. The Hall–Kier alpha value is -0.200. The predicted octanol–water partition coefficient (Wildman–Crippen LogP) is 2.82. The van der Waals surface area contributed by atoms with Crippen molar-refractivity contribution in [1.82, 2.24) is 0 Å². The Morgan fingerprint density at radius 1 is 1.31 bits per heavy atom. The molecule has 1 saturated carbocycles. The first-order valence-electron chi connectivity index (χ1n) is 3.80. The highest BCUT2D eigenvalue weighted by Gasteiger charge is 2.59. The molecule has 2 aliphatic rings. The smallest absolute Gasteiger partial charge is 0.236 e. The van der Waals surface area contributed by atoms with Gasteiger partial charge in [-0.1, -0.05) is 6.08 Å². The number of hydrogen-bond acceptors (Lipinski definition) is 1. The van der Waals surface area contributed by atoms with E-state index < -0.39 is 45.4 Å². The van der Waals surface area contributed by atoms with Crippen molar-refractivity contribution in [2.75, 3.05) is 0 Å². The maximum Gasteiger partial charge on any atom is 0.255 e. The molecule has 72 valence electrons. The lowest BCUT2D eigenvalue weighted by molar-refractivity contribution is -0.140. The second-order valence-corrected chi connectivity index (χ2v) is 4.99. The van der Waals surface area contributed by atoms with Crippen molar-refractivity contribution < 1.29 is 13.2 Å². The number of halogens is 4. The molecule has 0 amide bonds. The SMILES string of the molecule is FC1(F)CC(F)(C2=NI=CC=C2)C1. The van der Waals surface area contributed by atoms with Crippen LogP contribution in [0.25, 0.3) is 0 Å². The highest BCUT2D eigenvalue weighted by atomic mass is 127.